The van der Waals surface area contributed by atoms with Gasteiger partial charge in [-0.15, -0.1) is 0 Å². The number of furan rings is 1. The van der Waals surface area contributed by atoms with Crippen LogP contribution in [0.3, 0.4) is 0 Å². The summed E-state index contributed by atoms with van der Waals surface area (Å²) in [5.41, 5.74) is 1.05. The van der Waals surface area contributed by atoms with Crippen LogP contribution in [-0.2, 0) is 0 Å². The lowest BCUT2D eigenvalue weighted by Gasteiger charge is -2.13. The van der Waals surface area contributed by atoms with Crippen LogP contribution in [0.1, 0.15) is 18.7 Å². The van der Waals surface area contributed by atoms with Crippen LogP contribution in [0.5, 0.6) is 5.75 Å². The fourth-order valence-corrected chi connectivity index (χ4v) is 1.55. The molecule has 2 rings (SSSR count). The SMILES string of the molecule is COc1ccc(N[C@@H](C)c2ccco2)cc1. The Morgan fingerprint density at radius 3 is 2.50 bits per heavy atom. The van der Waals surface area contributed by atoms with Crippen molar-refractivity contribution in [3.8, 4) is 5.75 Å². The first-order valence-corrected chi connectivity index (χ1v) is 5.23. The van der Waals surface area contributed by atoms with Crippen LogP contribution in [0.15, 0.2) is 47.1 Å². The number of hydrogen-bond acceptors (Lipinski definition) is 3. The summed E-state index contributed by atoms with van der Waals surface area (Å²) in [5.74, 6) is 1.78. The molecule has 0 aliphatic rings. The lowest BCUT2D eigenvalue weighted by atomic mass is 10.2. The summed E-state index contributed by atoms with van der Waals surface area (Å²) in [6, 6.07) is 11.8. The highest BCUT2D eigenvalue weighted by atomic mass is 16.5. The van der Waals surface area contributed by atoms with E-state index in [0.717, 1.165) is 17.2 Å². The minimum atomic E-state index is 0.156. The van der Waals surface area contributed by atoms with Gasteiger partial charge in [0.05, 0.1) is 19.4 Å². The maximum absolute atomic E-state index is 5.33. The Morgan fingerprint density at radius 2 is 1.94 bits per heavy atom. The summed E-state index contributed by atoms with van der Waals surface area (Å²) in [5, 5.41) is 3.35. The second-order valence-corrected chi connectivity index (χ2v) is 3.61. The van der Waals surface area contributed by atoms with Crippen molar-refractivity contribution >= 4 is 5.69 Å². The Balaban J connectivity index is 2.03. The van der Waals surface area contributed by atoms with Gasteiger partial charge in [0.15, 0.2) is 0 Å². The normalized spacial score (nSPS) is 12.1. The van der Waals surface area contributed by atoms with Crippen LogP contribution in [0, 0.1) is 0 Å². The molecular formula is C13H15NO2. The highest BCUT2D eigenvalue weighted by Gasteiger charge is 2.07. The van der Waals surface area contributed by atoms with Gasteiger partial charge in [0.25, 0.3) is 0 Å². The number of ether oxygens (including phenoxy) is 1. The summed E-state index contributed by atoms with van der Waals surface area (Å²) in [6.45, 7) is 2.06. The molecule has 0 amide bonds. The van der Waals surface area contributed by atoms with Crippen LogP contribution >= 0.6 is 0 Å². The molecule has 84 valence electrons. The first-order chi connectivity index (χ1) is 7.79. The lowest BCUT2D eigenvalue weighted by Crippen LogP contribution is -2.05. The molecule has 16 heavy (non-hydrogen) atoms. The Labute approximate surface area is 95.0 Å². The van der Waals surface area contributed by atoms with Crippen molar-refractivity contribution < 1.29 is 9.15 Å². The maximum atomic E-state index is 5.33. The quantitative estimate of drug-likeness (QED) is 0.851. The van der Waals surface area contributed by atoms with E-state index in [2.05, 4.69) is 12.2 Å². The Morgan fingerprint density at radius 1 is 1.19 bits per heavy atom. The maximum Gasteiger partial charge on any atom is 0.125 e. The summed E-state index contributed by atoms with van der Waals surface area (Å²) >= 11 is 0. The van der Waals surface area contributed by atoms with Crippen LogP contribution in [0.25, 0.3) is 0 Å². The van der Waals surface area contributed by atoms with Gasteiger partial charge in [-0.2, -0.15) is 0 Å². The number of nitrogens with one attached hydrogen (secondary N) is 1. The van der Waals surface area contributed by atoms with Gasteiger partial charge in [-0.05, 0) is 43.3 Å². The highest BCUT2D eigenvalue weighted by Crippen LogP contribution is 2.21. The topological polar surface area (TPSA) is 34.4 Å². The molecule has 0 aliphatic heterocycles. The van der Waals surface area contributed by atoms with Crippen LogP contribution in [0.2, 0.25) is 0 Å². The first kappa shape index (κ1) is 10.6. The monoisotopic (exact) mass is 217 g/mol. The Hall–Kier alpha value is -1.90. The van der Waals surface area contributed by atoms with Crippen molar-refractivity contribution in [2.45, 2.75) is 13.0 Å². The Kier molecular flexibility index (Phi) is 3.15. The fourth-order valence-electron chi connectivity index (χ4n) is 1.55. The van der Waals surface area contributed by atoms with Gasteiger partial charge >= 0.3 is 0 Å². The first-order valence-electron chi connectivity index (χ1n) is 5.23. The second kappa shape index (κ2) is 4.75. The van der Waals surface area contributed by atoms with Crippen LogP contribution in [0.4, 0.5) is 5.69 Å². The summed E-state index contributed by atoms with van der Waals surface area (Å²) in [6.07, 6.45) is 1.68. The summed E-state index contributed by atoms with van der Waals surface area (Å²) in [7, 11) is 1.66. The zero-order valence-electron chi connectivity index (χ0n) is 9.44. The molecular weight excluding hydrogens is 202 g/mol. The van der Waals surface area contributed by atoms with Gasteiger partial charge < -0.3 is 14.5 Å². The third kappa shape index (κ3) is 2.37. The highest BCUT2D eigenvalue weighted by molar-refractivity contribution is 5.47. The van der Waals surface area contributed by atoms with E-state index in [1.54, 1.807) is 13.4 Å². The van der Waals surface area contributed by atoms with E-state index in [0.29, 0.717) is 0 Å². The Bertz CT molecular complexity index is 420. The van der Waals surface area contributed by atoms with Crippen molar-refractivity contribution in [2.75, 3.05) is 12.4 Å². The zero-order chi connectivity index (χ0) is 11.4. The van der Waals surface area contributed by atoms with Crippen molar-refractivity contribution in [3.05, 3.63) is 48.4 Å². The molecule has 0 saturated heterocycles. The van der Waals surface area contributed by atoms with Gasteiger partial charge in [-0.25, -0.2) is 0 Å². The van der Waals surface area contributed by atoms with Gasteiger partial charge in [-0.1, -0.05) is 0 Å². The van der Waals surface area contributed by atoms with Gasteiger partial charge in [0.1, 0.15) is 11.5 Å². The van der Waals surface area contributed by atoms with E-state index < -0.39 is 0 Å². The molecule has 1 atom stereocenters. The van der Waals surface area contributed by atoms with Gasteiger partial charge in [0, 0.05) is 5.69 Å². The number of methoxy groups -OCH3 is 1. The largest absolute Gasteiger partial charge is 0.497 e. The molecule has 1 N–H and O–H groups in total. The van der Waals surface area contributed by atoms with Crippen LogP contribution in [-0.4, -0.2) is 7.11 Å². The predicted molar refractivity (Wildman–Crippen MR) is 63.7 cm³/mol. The van der Waals surface area contributed by atoms with E-state index in [1.165, 1.54) is 0 Å². The van der Waals surface area contributed by atoms with E-state index in [1.807, 2.05) is 36.4 Å². The molecule has 3 nitrogen and oxygen atoms in total. The minimum absolute atomic E-state index is 0.156. The molecule has 1 aromatic carbocycles. The molecule has 2 aromatic rings. The standard InChI is InChI=1S/C13H15NO2/c1-10(13-4-3-9-16-13)14-11-5-7-12(15-2)8-6-11/h3-10,14H,1-2H3/t10-/m0/s1. The number of anilines is 1. The van der Waals surface area contributed by atoms with Crippen LogP contribution < -0.4 is 10.1 Å². The van der Waals surface area contributed by atoms with Gasteiger partial charge in [-0.3, -0.25) is 0 Å². The van der Waals surface area contributed by atoms with E-state index >= 15 is 0 Å². The molecule has 1 heterocycles. The summed E-state index contributed by atoms with van der Waals surface area (Å²) < 4.78 is 10.4. The zero-order valence-corrected chi connectivity index (χ0v) is 9.44. The molecule has 0 saturated carbocycles. The van der Waals surface area contributed by atoms with Crippen molar-refractivity contribution in [3.63, 3.8) is 0 Å². The fraction of sp³-hybridized carbons (Fsp3) is 0.231. The molecule has 0 radical (unpaired) electrons. The molecule has 1 aromatic heterocycles. The lowest BCUT2D eigenvalue weighted by molar-refractivity contribution is 0.415. The van der Waals surface area contributed by atoms with Crippen molar-refractivity contribution in [1.82, 2.24) is 0 Å². The van der Waals surface area contributed by atoms with Crippen molar-refractivity contribution in [2.24, 2.45) is 0 Å². The molecule has 0 unspecified atom stereocenters. The average Bonchev–Trinajstić information content (AvgIpc) is 2.83. The molecule has 0 bridgehead atoms. The second-order valence-electron chi connectivity index (χ2n) is 3.61. The molecule has 0 aliphatic carbocycles. The molecule has 0 fully saturated rings. The smallest absolute Gasteiger partial charge is 0.125 e. The average molecular weight is 217 g/mol. The predicted octanol–water partition coefficient (Wildman–Crippen LogP) is 3.46. The third-order valence-electron chi connectivity index (χ3n) is 2.44. The van der Waals surface area contributed by atoms with E-state index in [9.17, 15) is 0 Å². The van der Waals surface area contributed by atoms with E-state index in [-0.39, 0.29) is 6.04 Å². The van der Waals surface area contributed by atoms with Crippen molar-refractivity contribution in [1.29, 1.82) is 0 Å². The molecule has 0 spiro atoms. The number of benzene rings is 1. The minimum Gasteiger partial charge on any atom is -0.497 e. The molecule has 3 heteroatoms. The van der Waals surface area contributed by atoms with Gasteiger partial charge in [0.2, 0.25) is 0 Å². The van der Waals surface area contributed by atoms with E-state index in [4.69, 9.17) is 9.15 Å². The third-order valence-corrected chi connectivity index (χ3v) is 2.44. The number of hydrogen-bond donors (Lipinski definition) is 1. The summed E-state index contributed by atoms with van der Waals surface area (Å²) in [4.78, 5) is 0. The number of rotatable bonds is 4.